The summed E-state index contributed by atoms with van der Waals surface area (Å²) in [6, 6.07) is 2.29. The van der Waals surface area contributed by atoms with E-state index in [1.807, 2.05) is 0 Å². The summed E-state index contributed by atoms with van der Waals surface area (Å²) in [7, 11) is 1.64. The molecule has 170 valence electrons. The molecular formula is C18H27F3IN5O3. The molecule has 0 unspecified atom stereocenters. The van der Waals surface area contributed by atoms with Crippen LogP contribution < -0.4 is 15.4 Å². The number of nitrogens with one attached hydrogen (secondary N) is 2. The van der Waals surface area contributed by atoms with E-state index in [1.165, 1.54) is 6.07 Å². The third-order valence-corrected chi connectivity index (χ3v) is 4.29. The zero-order valence-electron chi connectivity index (χ0n) is 16.9. The number of ether oxygens (including phenoxy) is 2. The van der Waals surface area contributed by atoms with E-state index in [-0.39, 0.29) is 48.6 Å². The van der Waals surface area contributed by atoms with Crippen LogP contribution >= 0.6 is 24.0 Å². The number of nitrogens with zero attached hydrogens (tertiary/aromatic N) is 3. The second kappa shape index (κ2) is 12.6. The molecule has 2 N–H and O–H groups in total. The van der Waals surface area contributed by atoms with Gasteiger partial charge in [0.2, 0.25) is 5.88 Å². The van der Waals surface area contributed by atoms with E-state index in [9.17, 15) is 18.0 Å². The van der Waals surface area contributed by atoms with Crippen LogP contribution in [0.1, 0.15) is 25.3 Å². The number of hydrogen-bond acceptors (Lipinski definition) is 5. The molecule has 8 nitrogen and oxygen atoms in total. The Morgan fingerprint density at radius 3 is 2.57 bits per heavy atom. The predicted octanol–water partition coefficient (Wildman–Crippen LogP) is 2.88. The van der Waals surface area contributed by atoms with Crippen molar-refractivity contribution in [3.05, 3.63) is 23.9 Å². The van der Waals surface area contributed by atoms with E-state index >= 15 is 0 Å². The minimum atomic E-state index is -4.42. The van der Waals surface area contributed by atoms with Crippen LogP contribution in [0.4, 0.5) is 18.0 Å². The maximum atomic E-state index is 12.5. The van der Waals surface area contributed by atoms with Gasteiger partial charge in [-0.15, -0.1) is 24.0 Å². The van der Waals surface area contributed by atoms with Gasteiger partial charge < -0.3 is 25.0 Å². The molecule has 1 aromatic rings. The number of halogens is 4. The molecule has 30 heavy (non-hydrogen) atoms. The number of amides is 1. The number of piperidine rings is 1. The highest BCUT2D eigenvalue weighted by Crippen LogP contribution is 2.29. The van der Waals surface area contributed by atoms with Crippen molar-refractivity contribution in [2.24, 2.45) is 4.99 Å². The van der Waals surface area contributed by atoms with Crippen LogP contribution in [0.15, 0.2) is 23.3 Å². The van der Waals surface area contributed by atoms with Crippen molar-refractivity contribution in [2.75, 3.05) is 39.9 Å². The fraction of sp³-hybridized carbons (Fsp3) is 0.611. The Kier molecular flexibility index (Phi) is 11.0. The van der Waals surface area contributed by atoms with Gasteiger partial charge in [-0.05, 0) is 25.8 Å². The van der Waals surface area contributed by atoms with Crippen LogP contribution in [-0.2, 0) is 10.9 Å². The van der Waals surface area contributed by atoms with Gasteiger partial charge in [0.05, 0.1) is 18.7 Å². The molecule has 1 amide bonds. The standard InChI is InChI=1S/C18H26F3N5O3.HI/c1-3-28-17(27)26-9-6-14(7-10-26)25-16(22-2)23-8-11-29-15-5-4-13(12-24-15)18(19,20)21;/h4-5,12,14H,3,6-11H2,1-2H3,(H2,22,23,25);1H. The van der Waals surface area contributed by atoms with Crippen LogP contribution in [0, 0.1) is 0 Å². The first kappa shape index (κ1) is 26.0. The number of guanidine groups is 1. The summed E-state index contributed by atoms with van der Waals surface area (Å²) in [5.41, 5.74) is -0.818. The average Bonchev–Trinajstić information content (AvgIpc) is 2.70. The van der Waals surface area contributed by atoms with Crippen molar-refractivity contribution < 1.29 is 27.4 Å². The first-order chi connectivity index (χ1) is 13.8. The highest BCUT2D eigenvalue weighted by Gasteiger charge is 2.30. The molecule has 0 radical (unpaired) electrons. The van der Waals surface area contributed by atoms with E-state index in [4.69, 9.17) is 9.47 Å². The summed E-state index contributed by atoms with van der Waals surface area (Å²) in [6.07, 6.45) is -2.43. The van der Waals surface area contributed by atoms with Crippen LogP contribution in [0.2, 0.25) is 0 Å². The van der Waals surface area contributed by atoms with Crippen molar-refractivity contribution in [1.29, 1.82) is 0 Å². The van der Waals surface area contributed by atoms with E-state index in [0.29, 0.717) is 32.2 Å². The van der Waals surface area contributed by atoms with Crippen molar-refractivity contribution >= 4 is 36.0 Å². The van der Waals surface area contributed by atoms with Crippen LogP contribution in [0.25, 0.3) is 0 Å². The molecule has 0 spiro atoms. The Morgan fingerprint density at radius 1 is 1.33 bits per heavy atom. The zero-order valence-corrected chi connectivity index (χ0v) is 19.2. The Bertz CT molecular complexity index is 681. The Labute approximate surface area is 190 Å². The molecule has 0 saturated carbocycles. The van der Waals surface area contributed by atoms with E-state index in [2.05, 4.69) is 20.6 Å². The zero-order chi connectivity index (χ0) is 21.3. The lowest BCUT2D eigenvalue weighted by atomic mass is 10.1. The fourth-order valence-corrected chi connectivity index (χ4v) is 2.77. The van der Waals surface area contributed by atoms with Gasteiger partial charge in [0.25, 0.3) is 0 Å². The largest absolute Gasteiger partial charge is 0.476 e. The molecule has 1 saturated heterocycles. The number of carbonyl (C=O) groups is 1. The molecule has 1 aliphatic rings. The molecule has 2 rings (SSSR count). The Balaban J connectivity index is 0.00000450. The van der Waals surface area contributed by atoms with Gasteiger partial charge in [-0.2, -0.15) is 13.2 Å². The number of likely N-dealkylation sites (tertiary alicyclic amines) is 1. The van der Waals surface area contributed by atoms with Gasteiger partial charge in [0.1, 0.15) is 6.61 Å². The van der Waals surface area contributed by atoms with Crippen molar-refractivity contribution in [3.63, 3.8) is 0 Å². The lowest BCUT2D eigenvalue weighted by Gasteiger charge is -2.32. The number of rotatable bonds is 6. The monoisotopic (exact) mass is 545 g/mol. The van der Waals surface area contributed by atoms with E-state index in [1.54, 1.807) is 18.9 Å². The molecular weight excluding hydrogens is 518 g/mol. The van der Waals surface area contributed by atoms with Gasteiger partial charge in [-0.25, -0.2) is 9.78 Å². The molecule has 0 bridgehead atoms. The molecule has 1 aromatic heterocycles. The number of pyridine rings is 1. The van der Waals surface area contributed by atoms with Gasteiger partial charge in [-0.3, -0.25) is 4.99 Å². The molecule has 1 fully saturated rings. The third-order valence-electron chi connectivity index (χ3n) is 4.29. The third kappa shape index (κ3) is 8.40. The smallest absolute Gasteiger partial charge is 0.417 e. The molecule has 1 aliphatic heterocycles. The topological polar surface area (TPSA) is 88.1 Å². The highest BCUT2D eigenvalue weighted by molar-refractivity contribution is 14.0. The van der Waals surface area contributed by atoms with Crippen LogP contribution in [-0.4, -0.2) is 67.9 Å². The fourth-order valence-electron chi connectivity index (χ4n) is 2.77. The quantitative estimate of drug-likeness (QED) is 0.248. The number of hydrogen-bond donors (Lipinski definition) is 2. The SMILES string of the molecule is CCOC(=O)N1CCC(NC(=NC)NCCOc2ccc(C(F)(F)F)cn2)CC1.I. The Hall–Kier alpha value is -1.99. The predicted molar refractivity (Wildman–Crippen MR) is 116 cm³/mol. The average molecular weight is 545 g/mol. The van der Waals surface area contributed by atoms with Gasteiger partial charge in [0, 0.05) is 38.4 Å². The number of alkyl halides is 3. The van der Waals surface area contributed by atoms with Crippen LogP contribution in [0.5, 0.6) is 5.88 Å². The van der Waals surface area contributed by atoms with Crippen molar-refractivity contribution in [3.8, 4) is 5.88 Å². The second-order valence-electron chi connectivity index (χ2n) is 6.33. The number of aliphatic imine (C=N–C) groups is 1. The van der Waals surface area contributed by atoms with Crippen molar-refractivity contribution in [1.82, 2.24) is 20.5 Å². The first-order valence-corrected chi connectivity index (χ1v) is 9.38. The lowest BCUT2D eigenvalue weighted by Crippen LogP contribution is -2.50. The van der Waals surface area contributed by atoms with E-state index < -0.39 is 11.7 Å². The van der Waals surface area contributed by atoms with Gasteiger partial charge in [0.15, 0.2) is 5.96 Å². The van der Waals surface area contributed by atoms with Gasteiger partial charge >= 0.3 is 12.3 Å². The van der Waals surface area contributed by atoms with Crippen molar-refractivity contribution in [2.45, 2.75) is 32.0 Å². The molecule has 12 heteroatoms. The minimum Gasteiger partial charge on any atom is -0.476 e. The summed E-state index contributed by atoms with van der Waals surface area (Å²) in [4.78, 5) is 21.2. The minimum absolute atomic E-state index is 0. The van der Waals surface area contributed by atoms with Crippen LogP contribution in [0.3, 0.4) is 0 Å². The second-order valence-corrected chi connectivity index (χ2v) is 6.33. The molecule has 2 heterocycles. The molecule has 0 aromatic carbocycles. The number of aromatic nitrogens is 1. The van der Waals surface area contributed by atoms with Gasteiger partial charge in [-0.1, -0.05) is 0 Å². The highest BCUT2D eigenvalue weighted by atomic mass is 127. The lowest BCUT2D eigenvalue weighted by molar-refractivity contribution is -0.137. The summed E-state index contributed by atoms with van der Waals surface area (Å²) < 4.78 is 47.9. The molecule has 0 atom stereocenters. The maximum Gasteiger partial charge on any atom is 0.417 e. The first-order valence-electron chi connectivity index (χ1n) is 9.38. The summed E-state index contributed by atoms with van der Waals surface area (Å²) in [6.45, 7) is 3.95. The normalized spacial score (nSPS) is 15.2. The number of carbonyl (C=O) groups excluding carboxylic acids is 1. The Morgan fingerprint density at radius 2 is 2.03 bits per heavy atom. The summed E-state index contributed by atoms with van der Waals surface area (Å²) in [5.74, 6) is 0.706. The maximum absolute atomic E-state index is 12.5. The molecule has 0 aliphatic carbocycles. The summed E-state index contributed by atoms with van der Waals surface area (Å²) >= 11 is 0. The van der Waals surface area contributed by atoms with E-state index in [0.717, 1.165) is 25.1 Å². The summed E-state index contributed by atoms with van der Waals surface area (Å²) in [5, 5.41) is 6.36.